The fourth-order valence-corrected chi connectivity index (χ4v) is 7.01. The summed E-state index contributed by atoms with van der Waals surface area (Å²) in [6.45, 7) is 0.565. The van der Waals surface area contributed by atoms with Crippen molar-refractivity contribution in [1.29, 1.82) is 0 Å². The summed E-state index contributed by atoms with van der Waals surface area (Å²) in [5.74, 6) is -1.00. The van der Waals surface area contributed by atoms with Crippen LogP contribution in [0.1, 0.15) is 58.4 Å². The molecule has 0 bridgehead atoms. The van der Waals surface area contributed by atoms with Crippen LogP contribution in [0.3, 0.4) is 0 Å². The van der Waals surface area contributed by atoms with Crippen LogP contribution in [0.5, 0.6) is 0 Å². The predicted molar refractivity (Wildman–Crippen MR) is 183 cm³/mol. The molecular formula is C32H32Br2Cl2N4O5. The van der Waals surface area contributed by atoms with Crippen LogP contribution < -0.4 is 21.3 Å². The van der Waals surface area contributed by atoms with Crippen molar-refractivity contribution in [2.75, 3.05) is 24.3 Å². The number of methoxy groups -OCH3 is 1. The molecule has 1 aliphatic carbocycles. The highest BCUT2D eigenvalue weighted by molar-refractivity contribution is 9.11. The molecule has 0 spiro atoms. The summed E-state index contributed by atoms with van der Waals surface area (Å²) in [7, 11) is 1.23. The zero-order valence-corrected chi connectivity index (χ0v) is 29.0. The first kappa shape index (κ1) is 34.7. The molecule has 4 amide bonds. The maximum atomic E-state index is 13.2. The van der Waals surface area contributed by atoms with Crippen LogP contribution >= 0.6 is 55.1 Å². The molecule has 0 saturated heterocycles. The average Bonchev–Trinajstić information content (AvgIpc) is 3.01. The lowest BCUT2D eigenvalue weighted by Crippen LogP contribution is -2.45. The number of hydrogen-bond donors (Lipinski definition) is 4. The van der Waals surface area contributed by atoms with E-state index in [1.54, 1.807) is 54.6 Å². The van der Waals surface area contributed by atoms with E-state index in [1.807, 2.05) is 0 Å². The molecule has 238 valence electrons. The number of carbonyl (C=O) groups is 4. The average molecular weight is 783 g/mol. The number of ether oxygens (including phenoxy) is 1. The Kier molecular flexibility index (Phi) is 12.7. The van der Waals surface area contributed by atoms with Crippen molar-refractivity contribution in [3.8, 4) is 0 Å². The van der Waals surface area contributed by atoms with E-state index in [0.29, 0.717) is 32.7 Å². The van der Waals surface area contributed by atoms with Crippen molar-refractivity contribution in [3.05, 3.63) is 90.3 Å². The molecule has 9 nitrogen and oxygen atoms in total. The van der Waals surface area contributed by atoms with Gasteiger partial charge in [0.05, 0.1) is 34.0 Å². The highest BCUT2D eigenvalue weighted by Gasteiger charge is 2.25. The van der Waals surface area contributed by atoms with Gasteiger partial charge in [0, 0.05) is 27.6 Å². The second-order valence-electron chi connectivity index (χ2n) is 10.7. The molecule has 0 heterocycles. The first-order valence-corrected chi connectivity index (χ1v) is 16.7. The lowest BCUT2D eigenvalue weighted by atomic mass is 9.89. The van der Waals surface area contributed by atoms with Gasteiger partial charge in [0.15, 0.2) is 0 Å². The SMILES string of the molecule is COC(=O)C(Cc1ccc(NC(=O)c2c(Cl)cccc2Cl)cc1)NC(=O)Nc1c(Br)cc(Br)cc1C(=O)NCC1CCCCC1. The van der Waals surface area contributed by atoms with Gasteiger partial charge in [0.25, 0.3) is 11.8 Å². The second kappa shape index (κ2) is 16.4. The van der Waals surface area contributed by atoms with Crippen LogP contribution in [0.2, 0.25) is 10.0 Å². The Morgan fingerprint density at radius 3 is 2.22 bits per heavy atom. The molecule has 4 rings (SSSR count). The first-order chi connectivity index (χ1) is 21.5. The Hall–Kier alpha value is -3.12. The maximum Gasteiger partial charge on any atom is 0.328 e. The molecule has 1 atom stereocenters. The van der Waals surface area contributed by atoms with E-state index in [9.17, 15) is 19.2 Å². The third-order valence-electron chi connectivity index (χ3n) is 7.45. The summed E-state index contributed by atoms with van der Waals surface area (Å²) in [4.78, 5) is 51.7. The van der Waals surface area contributed by atoms with Gasteiger partial charge in [-0.2, -0.15) is 0 Å². The van der Waals surface area contributed by atoms with E-state index in [1.165, 1.54) is 13.5 Å². The van der Waals surface area contributed by atoms with Crippen molar-refractivity contribution in [1.82, 2.24) is 10.6 Å². The molecular weight excluding hydrogens is 751 g/mol. The van der Waals surface area contributed by atoms with Crippen molar-refractivity contribution in [2.45, 2.75) is 44.6 Å². The monoisotopic (exact) mass is 780 g/mol. The van der Waals surface area contributed by atoms with E-state index in [0.717, 1.165) is 25.7 Å². The normalized spacial score (nSPS) is 13.8. The number of urea groups is 1. The van der Waals surface area contributed by atoms with Crippen molar-refractivity contribution in [3.63, 3.8) is 0 Å². The Morgan fingerprint density at radius 1 is 0.911 bits per heavy atom. The number of benzene rings is 3. The maximum absolute atomic E-state index is 13.2. The molecule has 13 heteroatoms. The van der Waals surface area contributed by atoms with Crippen LogP contribution in [0.25, 0.3) is 0 Å². The molecule has 1 aliphatic rings. The van der Waals surface area contributed by atoms with Gasteiger partial charge < -0.3 is 26.0 Å². The molecule has 3 aromatic rings. The van der Waals surface area contributed by atoms with Gasteiger partial charge in [-0.3, -0.25) is 9.59 Å². The zero-order chi connectivity index (χ0) is 32.5. The number of amides is 4. The molecule has 0 radical (unpaired) electrons. The quantitative estimate of drug-likeness (QED) is 0.155. The van der Waals surface area contributed by atoms with Gasteiger partial charge >= 0.3 is 12.0 Å². The standard InChI is InChI=1S/C32H32Br2Cl2N4O5/c1-45-31(43)26(14-18-10-12-21(13-11-18)38-30(42)27-24(35)8-5-9-25(27)36)39-32(44)40-28-22(15-20(33)16-23(28)34)29(41)37-17-19-6-3-2-4-7-19/h5,8-13,15-16,19,26H,2-4,6-7,14,17H2,1H3,(H,37,41)(H,38,42)(H2,39,40,44). The molecule has 3 aromatic carbocycles. The van der Waals surface area contributed by atoms with Gasteiger partial charge in [0.1, 0.15) is 6.04 Å². The molecule has 0 aliphatic heterocycles. The molecule has 1 fully saturated rings. The zero-order valence-electron chi connectivity index (χ0n) is 24.4. The molecule has 4 N–H and O–H groups in total. The highest BCUT2D eigenvalue weighted by Crippen LogP contribution is 2.31. The van der Waals surface area contributed by atoms with Crippen LogP contribution in [0.4, 0.5) is 16.2 Å². The predicted octanol–water partition coefficient (Wildman–Crippen LogP) is 7.99. The van der Waals surface area contributed by atoms with Crippen LogP contribution in [0.15, 0.2) is 63.5 Å². The van der Waals surface area contributed by atoms with Gasteiger partial charge in [-0.15, -0.1) is 0 Å². The van der Waals surface area contributed by atoms with E-state index in [4.69, 9.17) is 27.9 Å². The number of anilines is 2. The van der Waals surface area contributed by atoms with Gasteiger partial charge in [-0.25, -0.2) is 9.59 Å². The van der Waals surface area contributed by atoms with E-state index in [2.05, 4.69) is 53.1 Å². The molecule has 1 unspecified atom stereocenters. The lowest BCUT2D eigenvalue weighted by molar-refractivity contribution is -0.142. The fourth-order valence-electron chi connectivity index (χ4n) is 5.11. The minimum Gasteiger partial charge on any atom is -0.467 e. The fraction of sp³-hybridized carbons (Fsp3) is 0.312. The van der Waals surface area contributed by atoms with Gasteiger partial charge in [-0.05, 0) is 76.7 Å². The van der Waals surface area contributed by atoms with E-state index in [-0.39, 0.29) is 39.2 Å². The Morgan fingerprint density at radius 2 is 1.58 bits per heavy atom. The highest BCUT2D eigenvalue weighted by atomic mass is 79.9. The molecule has 1 saturated carbocycles. The summed E-state index contributed by atoms with van der Waals surface area (Å²) in [6, 6.07) is 13.1. The van der Waals surface area contributed by atoms with Crippen LogP contribution in [-0.4, -0.2) is 43.5 Å². The minimum atomic E-state index is -1.05. The number of rotatable bonds is 10. The second-order valence-corrected chi connectivity index (χ2v) is 13.2. The number of esters is 1. The minimum absolute atomic E-state index is 0.0981. The first-order valence-electron chi connectivity index (χ1n) is 14.3. The van der Waals surface area contributed by atoms with Crippen LogP contribution in [-0.2, 0) is 16.0 Å². The summed E-state index contributed by atoms with van der Waals surface area (Å²) in [5.41, 5.74) is 1.86. The summed E-state index contributed by atoms with van der Waals surface area (Å²) in [6.07, 6.45) is 5.82. The van der Waals surface area contributed by atoms with Crippen LogP contribution in [0, 0.1) is 5.92 Å². The Balaban J connectivity index is 1.42. The van der Waals surface area contributed by atoms with Gasteiger partial charge in [0.2, 0.25) is 0 Å². The molecule has 0 aromatic heterocycles. The topological polar surface area (TPSA) is 126 Å². The Bertz CT molecular complexity index is 1550. The van der Waals surface area contributed by atoms with Crippen molar-refractivity contribution in [2.24, 2.45) is 5.92 Å². The summed E-state index contributed by atoms with van der Waals surface area (Å²) in [5, 5.41) is 11.6. The van der Waals surface area contributed by atoms with Crippen molar-refractivity contribution >= 4 is 90.3 Å². The number of halogens is 4. The molecule has 45 heavy (non-hydrogen) atoms. The Labute approximate surface area is 288 Å². The third kappa shape index (κ3) is 9.68. The summed E-state index contributed by atoms with van der Waals surface area (Å²) < 4.78 is 6.08. The van der Waals surface area contributed by atoms with Gasteiger partial charge in [-0.1, -0.05) is 76.6 Å². The number of hydrogen-bond acceptors (Lipinski definition) is 5. The largest absolute Gasteiger partial charge is 0.467 e. The smallest absolute Gasteiger partial charge is 0.328 e. The number of nitrogens with one attached hydrogen (secondary N) is 4. The number of carbonyl (C=O) groups excluding carboxylic acids is 4. The third-order valence-corrected chi connectivity index (χ3v) is 9.16. The van der Waals surface area contributed by atoms with Crippen molar-refractivity contribution < 1.29 is 23.9 Å². The lowest BCUT2D eigenvalue weighted by Gasteiger charge is -2.22. The summed E-state index contributed by atoms with van der Waals surface area (Å²) >= 11 is 19.1. The van der Waals surface area contributed by atoms with E-state index < -0.39 is 23.9 Å². The van der Waals surface area contributed by atoms with E-state index >= 15 is 0 Å².